The first-order valence-electron chi connectivity index (χ1n) is 6.16. The van der Waals surface area contributed by atoms with Crippen LogP contribution in [0.15, 0.2) is 18.2 Å². The van der Waals surface area contributed by atoms with E-state index in [0.29, 0.717) is 24.7 Å². The maximum atomic E-state index is 12.0. The molecule has 0 radical (unpaired) electrons. The number of carbonyl (C=O) groups excluding carboxylic acids is 1. The van der Waals surface area contributed by atoms with E-state index in [1.165, 1.54) is 12.1 Å². The SMILES string of the molecule is O=C(NC(CCO)C(=O)O)c1ccc2c(c1)OCCO2. The molecule has 1 amide bonds. The zero-order valence-corrected chi connectivity index (χ0v) is 10.7. The van der Waals surface area contributed by atoms with Crippen molar-refractivity contribution in [2.75, 3.05) is 19.8 Å². The number of aliphatic hydroxyl groups excluding tert-OH is 1. The number of nitrogens with one attached hydrogen (secondary N) is 1. The summed E-state index contributed by atoms with van der Waals surface area (Å²) in [4.78, 5) is 22.9. The van der Waals surface area contributed by atoms with Crippen molar-refractivity contribution < 1.29 is 29.3 Å². The molecule has 1 aromatic rings. The van der Waals surface area contributed by atoms with Gasteiger partial charge in [0.05, 0.1) is 0 Å². The third-order valence-corrected chi connectivity index (χ3v) is 2.83. The maximum absolute atomic E-state index is 12.0. The van der Waals surface area contributed by atoms with Crippen LogP contribution < -0.4 is 14.8 Å². The van der Waals surface area contributed by atoms with Crippen molar-refractivity contribution in [1.82, 2.24) is 5.32 Å². The molecule has 1 aromatic carbocycles. The minimum Gasteiger partial charge on any atom is -0.486 e. The van der Waals surface area contributed by atoms with Crippen LogP contribution in [0.25, 0.3) is 0 Å². The largest absolute Gasteiger partial charge is 0.486 e. The summed E-state index contributed by atoms with van der Waals surface area (Å²) in [5, 5.41) is 20.0. The van der Waals surface area contributed by atoms with Crippen molar-refractivity contribution in [3.05, 3.63) is 23.8 Å². The number of benzene rings is 1. The van der Waals surface area contributed by atoms with E-state index in [4.69, 9.17) is 19.7 Å². The van der Waals surface area contributed by atoms with Crippen LogP contribution in [0.2, 0.25) is 0 Å². The lowest BCUT2D eigenvalue weighted by Crippen LogP contribution is -2.41. The lowest BCUT2D eigenvalue weighted by Gasteiger charge is -2.19. The Morgan fingerprint density at radius 2 is 1.95 bits per heavy atom. The second-order valence-electron chi connectivity index (χ2n) is 4.24. The second-order valence-corrected chi connectivity index (χ2v) is 4.24. The van der Waals surface area contributed by atoms with Gasteiger partial charge in [-0.1, -0.05) is 0 Å². The highest BCUT2D eigenvalue weighted by molar-refractivity contribution is 5.97. The maximum Gasteiger partial charge on any atom is 0.326 e. The lowest BCUT2D eigenvalue weighted by molar-refractivity contribution is -0.139. The fourth-order valence-corrected chi connectivity index (χ4v) is 1.81. The van der Waals surface area contributed by atoms with Crippen molar-refractivity contribution in [3.8, 4) is 11.5 Å². The summed E-state index contributed by atoms with van der Waals surface area (Å²) >= 11 is 0. The standard InChI is InChI=1S/C13H15NO6/c15-4-3-9(13(17)18)14-12(16)8-1-2-10-11(7-8)20-6-5-19-10/h1-2,7,9,15H,3-6H2,(H,14,16)(H,17,18). The molecule has 1 heterocycles. The molecule has 3 N–H and O–H groups in total. The molecular formula is C13H15NO6. The molecule has 0 saturated carbocycles. The predicted octanol–water partition coefficient (Wildman–Crippen LogP) is 0.0232. The molecule has 1 aliphatic heterocycles. The normalized spacial score (nSPS) is 14.4. The number of hydrogen-bond acceptors (Lipinski definition) is 5. The fourth-order valence-electron chi connectivity index (χ4n) is 1.81. The number of ether oxygens (including phenoxy) is 2. The molecule has 7 heteroatoms. The molecule has 108 valence electrons. The first-order valence-corrected chi connectivity index (χ1v) is 6.16. The summed E-state index contributed by atoms with van der Waals surface area (Å²) in [5.74, 6) is -0.719. The van der Waals surface area contributed by atoms with Gasteiger partial charge in [0.25, 0.3) is 5.91 Å². The summed E-state index contributed by atoms with van der Waals surface area (Å²) in [5.41, 5.74) is 0.276. The van der Waals surface area contributed by atoms with E-state index in [1.54, 1.807) is 6.07 Å². The smallest absolute Gasteiger partial charge is 0.326 e. The first-order chi connectivity index (χ1) is 9.61. The van der Waals surface area contributed by atoms with Crippen LogP contribution in [-0.2, 0) is 4.79 Å². The van der Waals surface area contributed by atoms with Gasteiger partial charge in [-0.2, -0.15) is 0 Å². The Labute approximate surface area is 115 Å². The highest BCUT2D eigenvalue weighted by atomic mass is 16.6. The number of aliphatic hydroxyl groups is 1. The predicted molar refractivity (Wildman–Crippen MR) is 68.0 cm³/mol. The Kier molecular flexibility index (Phi) is 4.41. The average molecular weight is 281 g/mol. The number of aliphatic carboxylic acids is 1. The average Bonchev–Trinajstić information content (AvgIpc) is 2.46. The van der Waals surface area contributed by atoms with Gasteiger partial charge < -0.3 is 25.0 Å². The minimum atomic E-state index is -1.19. The van der Waals surface area contributed by atoms with Crippen molar-refractivity contribution in [1.29, 1.82) is 0 Å². The summed E-state index contributed by atoms with van der Waals surface area (Å²) in [6, 6.07) is 3.51. The molecule has 0 fully saturated rings. The summed E-state index contributed by atoms with van der Waals surface area (Å²) in [7, 11) is 0. The minimum absolute atomic E-state index is 0.0500. The molecule has 0 bridgehead atoms. The van der Waals surface area contributed by atoms with Crippen LogP contribution in [-0.4, -0.2) is 48.0 Å². The highest BCUT2D eigenvalue weighted by Gasteiger charge is 2.21. The van der Waals surface area contributed by atoms with Crippen LogP contribution in [0, 0.1) is 0 Å². The molecule has 0 aromatic heterocycles. The van der Waals surface area contributed by atoms with Crippen LogP contribution in [0.1, 0.15) is 16.8 Å². The Hall–Kier alpha value is -2.28. The molecule has 0 saturated heterocycles. The van der Waals surface area contributed by atoms with Gasteiger partial charge in [0.1, 0.15) is 19.3 Å². The number of carbonyl (C=O) groups is 2. The van der Waals surface area contributed by atoms with E-state index in [2.05, 4.69) is 5.32 Å². The number of fused-ring (bicyclic) bond motifs is 1. The van der Waals surface area contributed by atoms with Crippen LogP contribution in [0.4, 0.5) is 0 Å². The molecule has 1 aliphatic rings. The quantitative estimate of drug-likeness (QED) is 0.703. The number of carboxylic acids is 1. The zero-order chi connectivity index (χ0) is 14.5. The van der Waals surface area contributed by atoms with Crippen molar-refractivity contribution >= 4 is 11.9 Å². The van der Waals surface area contributed by atoms with Crippen molar-refractivity contribution in [2.45, 2.75) is 12.5 Å². The lowest BCUT2D eigenvalue weighted by atomic mass is 10.1. The van der Waals surface area contributed by atoms with Crippen LogP contribution >= 0.6 is 0 Å². The topological polar surface area (TPSA) is 105 Å². The van der Waals surface area contributed by atoms with Crippen LogP contribution in [0.3, 0.4) is 0 Å². The highest BCUT2D eigenvalue weighted by Crippen LogP contribution is 2.30. The molecule has 0 spiro atoms. The van der Waals surface area contributed by atoms with Gasteiger partial charge in [0, 0.05) is 18.6 Å². The first kappa shape index (κ1) is 14.1. The summed E-state index contributed by atoms with van der Waals surface area (Å²) < 4.78 is 10.7. The van der Waals surface area contributed by atoms with Gasteiger partial charge in [-0.25, -0.2) is 4.79 Å². The summed E-state index contributed by atoms with van der Waals surface area (Å²) in [6.45, 7) is 0.537. The third-order valence-electron chi connectivity index (χ3n) is 2.83. The molecule has 2 rings (SSSR count). The molecular weight excluding hydrogens is 266 g/mol. The van der Waals surface area contributed by atoms with E-state index in [1.807, 2.05) is 0 Å². The van der Waals surface area contributed by atoms with E-state index in [0.717, 1.165) is 0 Å². The Balaban J connectivity index is 2.10. The Morgan fingerprint density at radius 1 is 1.25 bits per heavy atom. The molecule has 7 nitrogen and oxygen atoms in total. The molecule has 20 heavy (non-hydrogen) atoms. The fraction of sp³-hybridized carbons (Fsp3) is 0.385. The number of rotatable bonds is 5. The van der Waals surface area contributed by atoms with E-state index in [-0.39, 0.29) is 18.6 Å². The van der Waals surface area contributed by atoms with Crippen molar-refractivity contribution in [2.24, 2.45) is 0 Å². The van der Waals surface area contributed by atoms with E-state index < -0.39 is 17.9 Å². The molecule has 1 unspecified atom stereocenters. The van der Waals surface area contributed by atoms with Gasteiger partial charge in [-0.15, -0.1) is 0 Å². The van der Waals surface area contributed by atoms with Gasteiger partial charge >= 0.3 is 5.97 Å². The van der Waals surface area contributed by atoms with E-state index >= 15 is 0 Å². The van der Waals surface area contributed by atoms with Crippen LogP contribution in [0.5, 0.6) is 11.5 Å². The number of carboxylic acid groups (broad SMARTS) is 1. The molecule has 1 atom stereocenters. The Bertz CT molecular complexity index is 516. The summed E-state index contributed by atoms with van der Waals surface area (Å²) in [6.07, 6.45) is -0.0500. The van der Waals surface area contributed by atoms with Gasteiger partial charge in [0.15, 0.2) is 11.5 Å². The van der Waals surface area contributed by atoms with Gasteiger partial charge in [-0.05, 0) is 18.2 Å². The molecule has 0 aliphatic carbocycles. The van der Waals surface area contributed by atoms with E-state index in [9.17, 15) is 9.59 Å². The third kappa shape index (κ3) is 3.18. The number of hydrogen-bond donors (Lipinski definition) is 3. The second kappa shape index (κ2) is 6.25. The van der Waals surface area contributed by atoms with Crippen molar-refractivity contribution in [3.63, 3.8) is 0 Å². The monoisotopic (exact) mass is 281 g/mol. The Morgan fingerprint density at radius 3 is 2.60 bits per heavy atom. The van der Waals surface area contributed by atoms with Gasteiger partial charge in [-0.3, -0.25) is 4.79 Å². The number of amides is 1. The van der Waals surface area contributed by atoms with Gasteiger partial charge in [0.2, 0.25) is 0 Å². The zero-order valence-electron chi connectivity index (χ0n) is 10.7.